The SMILES string of the molecule is CC1=C[C@@H](C#N)N2C[C@@H]1N(OS(=O)(=O)O)C2=O.[H+].[Na+]. The Hall–Kier alpha value is -0.630. The standard InChI is InChI=1S/C8H9N3O5S.Na/c1-5-2-6(3-9)10-4-7(5)11(8(10)12)16-17(13,14)15;/h2,6-7H,4H2,1H3,(H,13,14,15);/q;+1/p+1/t6-,7-;/m0./s1. The summed E-state index contributed by atoms with van der Waals surface area (Å²) in [6.07, 6.45) is 1.55. The van der Waals surface area contributed by atoms with Gasteiger partial charge in [-0.3, -0.25) is 4.55 Å². The van der Waals surface area contributed by atoms with Gasteiger partial charge in [0.15, 0.2) is 0 Å². The van der Waals surface area contributed by atoms with Gasteiger partial charge in [-0.15, -0.1) is 4.28 Å². The third-order valence-corrected chi connectivity index (χ3v) is 3.02. The first-order valence-corrected chi connectivity index (χ1v) is 6.05. The molecule has 0 unspecified atom stereocenters. The quantitative estimate of drug-likeness (QED) is 0.324. The number of carbonyl (C=O) groups is 1. The third-order valence-electron chi connectivity index (χ3n) is 2.68. The normalized spacial score (nSPS) is 26.5. The van der Waals surface area contributed by atoms with Gasteiger partial charge in [0.2, 0.25) is 0 Å². The zero-order valence-corrected chi connectivity index (χ0v) is 12.6. The van der Waals surface area contributed by atoms with Crippen molar-refractivity contribution in [2.75, 3.05) is 6.54 Å². The first kappa shape index (κ1) is 15.4. The maximum absolute atomic E-state index is 11.7. The Labute approximate surface area is 127 Å². The summed E-state index contributed by atoms with van der Waals surface area (Å²) in [6, 6.07) is -0.191. The molecule has 1 saturated heterocycles. The van der Waals surface area contributed by atoms with E-state index in [-0.39, 0.29) is 37.5 Å². The molecule has 0 radical (unpaired) electrons. The van der Waals surface area contributed by atoms with Crippen molar-refractivity contribution in [1.29, 1.82) is 5.26 Å². The van der Waals surface area contributed by atoms with Crippen molar-refractivity contribution < 1.29 is 53.0 Å². The van der Waals surface area contributed by atoms with Crippen molar-refractivity contribution in [1.82, 2.24) is 9.96 Å². The number of nitrogens with zero attached hydrogens (tertiary/aromatic N) is 3. The summed E-state index contributed by atoms with van der Waals surface area (Å²) in [5, 5.41) is 9.42. The van der Waals surface area contributed by atoms with E-state index in [1.54, 1.807) is 13.0 Å². The number of hydrogen-bond acceptors (Lipinski definition) is 5. The number of nitriles is 1. The Morgan fingerprint density at radius 3 is 2.78 bits per heavy atom. The van der Waals surface area contributed by atoms with Crippen LogP contribution in [-0.4, -0.2) is 47.6 Å². The van der Waals surface area contributed by atoms with Crippen LogP contribution < -0.4 is 29.6 Å². The van der Waals surface area contributed by atoms with Gasteiger partial charge in [0.05, 0.1) is 12.6 Å². The first-order chi connectivity index (χ1) is 7.83. The van der Waals surface area contributed by atoms with Crippen LogP contribution in [0.1, 0.15) is 8.35 Å². The molecule has 0 aliphatic carbocycles. The average Bonchev–Trinajstić information content (AvgIpc) is 2.48. The molecule has 1 N–H and O–H groups in total. The van der Waals surface area contributed by atoms with Crippen molar-refractivity contribution in [3.05, 3.63) is 11.6 Å². The molecule has 2 atom stereocenters. The molecular formula is C8H10N3NaO5S+2. The van der Waals surface area contributed by atoms with E-state index in [1.165, 1.54) is 4.90 Å². The second-order valence-electron chi connectivity index (χ2n) is 3.76. The van der Waals surface area contributed by atoms with Gasteiger partial charge in [0, 0.05) is 0 Å². The van der Waals surface area contributed by atoms with Crippen molar-refractivity contribution >= 4 is 16.4 Å². The molecule has 2 bridgehead atoms. The van der Waals surface area contributed by atoms with Crippen LogP contribution in [0.15, 0.2) is 11.6 Å². The monoisotopic (exact) mass is 283 g/mol. The molecule has 2 aliphatic heterocycles. The number of fused-ring (bicyclic) bond motifs is 2. The van der Waals surface area contributed by atoms with Crippen LogP contribution in [0.25, 0.3) is 0 Å². The summed E-state index contributed by atoms with van der Waals surface area (Å²) in [5.74, 6) is 0. The summed E-state index contributed by atoms with van der Waals surface area (Å²) in [4.78, 5) is 12.9. The molecule has 0 saturated carbocycles. The van der Waals surface area contributed by atoms with Gasteiger partial charge in [-0.1, -0.05) is 0 Å². The van der Waals surface area contributed by atoms with Crippen LogP contribution >= 0.6 is 0 Å². The van der Waals surface area contributed by atoms with Gasteiger partial charge in [0.25, 0.3) is 0 Å². The summed E-state index contributed by atoms with van der Waals surface area (Å²) < 4.78 is 34.0. The number of hydroxylamine groups is 2. The fraction of sp³-hybridized carbons (Fsp3) is 0.500. The van der Waals surface area contributed by atoms with Crippen LogP contribution in [0.5, 0.6) is 0 Å². The fourth-order valence-electron chi connectivity index (χ4n) is 1.90. The third kappa shape index (κ3) is 2.69. The van der Waals surface area contributed by atoms with Gasteiger partial charge < -0.3 is 4.90 Å². The maximum atomic E-state index is 11.7. The van der Waals surface area contributed by atoms with Crippen LogP contribution in [0, 0.1) is 11.3 Å². The molecule has 0 aromatic heterocycles. The van der Waals surface area contributed by atoms with E-state index in [0.717, 1.165) is 0 Å². The smallest absolute Gasteiger partial charge is 0.301 e. The molecule has 2 aliphatic rings. The number of rotatable bonds is 2. The van der Waals surface area contributed by atoms with E-state index < -0.39 is 28.5 Å². The number of hydrogen-bond donors (Lipinski definition) is 1. The molecule has 2 heterocycles. The second-order valence-corrected chi connectivity index (χ2v) is 4.77. The molecule has 8 nitrogen and oxygen atoms in total. The topological polar surface area (TPSA) is 111 Å². The molecule has 0 aromatic rings. The summed E-state index contributed by atoms with van der Waals surface area (Å²) in [5.41, 5.74) is 0.641. The van der Waals surface area contributed by atoms with E-state index in [9.17, 15) is 13.2 Å². The van der Waals surface area contributed by atoms with Crippen molar-refractivity contribution in [2.45, 2.75) is 19.0 Å². The van der Waals surface area contributed by atoms with E-state index >= 15 is 0 Å². The Balaban J connectivity index is 0.00000162. The van der Waals surface area contributed by atoms with Crippen LogP contribution in [-0.2, 0) is 14.7 Å². The molecule has 2 amide bonds. The average molecular weight is 283 g/mol. The van der Waals surface area contributed by atoms with Gasteiger partial charge >= 0.3 is 47.4 Å². The minimum absolute atomic E-state index is 0. The van der Waals surface area contributed by atoms with Crippen LogP contribution in [0.2, 0.25) is 0 Å². The molecule has 92 valence electrons. The van der Waals surface area contributed by atoms with Crippen molar-refractivity contribution in [2.24, 2.45) is 0 Å². The predicted octanol–water partition coefficient (Wildman–Crippen LogP) is -3.20. The zero-order valence-electron chi connectivity index (χ0n) is 10.8. The van der Waals surface area contributed by atoms with Gasteiger partial charge in [-0.2, -0.15) is 18.7 Å². The number of carbonyl (C=O) groups excluding carboxylic acids is 1. The molecule has 18 heavy (non-hydrogen) atoms. The minimum Gasteiger partial charge on any atom is -0.301 e. The second kappa shape index (κ2) is 5.16. The van der Waals surface area contributed by atoms with Gasteiger partial charge in [0.1, 0.15) is 12.1 Å². The molecule has 0 spiro atoms. The Bertz CT molecular complexity index is 545. The summed E-state index contributed by atoms with van der Waals surface area (Å²) in [6.45, 7) is 1.82. The molecular weight excluding hydrogens is 273 g/mol. The largest absolute Gasteiger partial charge is 1.00 e. The summed E-state index contributed by atoms with van der Waals surface area (Å²) in [7, 11) is -4.76. The molecule has 0 aromatic carbocycles. The van der Waals surface area contributed by atoms with Crippen LogP contribution in [0.3, 0.4) is 0 Å². The Morgan fingerprint density at radius 1 is 1.67 bits per heavy atom. The van der Waals surface area contributed by atoms with E-state index in [0.29, 0.717) is 10.6 Å². The van der Waals surface area contributed by atoms with E-state index in [2.05, 4.69) is 4.28 Å². The summed E-state index contributed by atoms with van der Waals surface area (Å²) >= 11 is 0. The zero-order chi connectivity index (χ0) is 12.8. The van der Waals surface area contributed by atoms with Crippen molar-refractivity contribution in [3.8, 4) is 6.07 Å². The Kier molecular flexibility index (Phi) is 4.42. The Morgan fingerprint density at radius 2 is 2.28 bits per heavy atom. The number of amides is 2. The van der Waals surface area contributed by atoms with Gasteiger partial charge in [-0.05, 0) is 18.6 Å². The molecule has 1 fully saturated rings. The van der Waals surface area contributed by atoms with E-state index in [4.69, 9.17) is 9.81 Å². The van der Waals surface area contributed by atoms with Crippen molar-refractivity contribution in [3.63, 3.8) is 0 Å². The first-order valence-electron chi connectivity index (χ1n) is 4.68. The minimum atomic E-state index is -4.76. The number of urea groups is 1. The molecule has 2 rings (SSSR count). The van der Waals surface area contributed by atoms with Crippen LogP contribution in [0.4, 0.5) is 4.79 Å². The molecule has 10 heteroatoms. The predicted molar refractivity (Wildman–Crippen MR) is 54.6 cm³/mol. The maximum Gasteiger partial charge on any atom is 1.00 e. The van der Waals surface area contributed by atoms with Gasteiger partial charge in [-0.25, -0.2) is 4.79 Å². The fourth-order valence-corrected chi connectivity index (χ4v) is 2.27. The van der Waals surface area contributed by atoms with E-state index in [1.807, 2.05) is 6.07 Å².